The van der Waals surface area contributed by atoms with E-state index in [1.807, 2.05) is 29.0 Å². The first-order valence-corrected chi connectivity index (χ1v) is 4.74. The molecule has 15 heavy (non-hydrogen) atoms. The van der Waals surface area contributed by atoms with Crippen LogP contribution in [0.2, 0.25) is 0 Å². The van der Waals surface area contributed by atoms with Gasteiger partial charge < -0.3 is 9.30 Å². The number of rotatable bonds is 3. The van der Waals surface area contributed by atoms with Gasteiger partial charge in [-0.1, -0.05) is 12.1 Å². The zero-order valence-corrected chi connectivity index (χ0v) is 8.68. The number of ether oxygens (including phenoxy) is 1. The van der Waals surface area contributed by atoms with E-state index in [-0.39, 0.29) is 0 Å². The molecule has 0 aliphatic rings. The highest BCUT2D eigenvalue weighted by atomic mass is 16.5. The lowest BCUT2D eigenvalue weighted by Crippen LogP contribution is -1.96. The van der Waals surface area contributed by atoms with Crippen molar-refractivity contribution in [3.05, 3.63) is 55.0 Å². The van der Waals surface area contributed by atoms with Crippen LogP contribution in [0.25, 0.3) is 0 Å². The fourth-order valence-corrected chi connectivity index (χ4v) is 1.47. The Balaban J connectivity index is 2.16. The van der Waals surface area contributed by atoms with E-state index < -0.39 is 0 Å². The van der Waals surface area contributed by atoms with Crippen molar-refractivity contribution >= 4 is 0 Å². The van der Waals surface area contributed by atoms with Gasteiger partial charge >= 0.3 is 0 Å². The van der Waals surface area contributed by atoms with Crippen molar-refractivity contribution in [3.63, 3.8) is 0 Å². The second-order valence-electron chi connectivity index (χ2n) is 3.39. The topological polar surface area (TPSA) is 27.1 Å². The summed E-state index contributed by atoms with van der Waals surface area (Å²) >= 11 is 0. The molecule has 0 saturated heterocycles. The van der Waals surface area contributed by atoms with Crippen LogP contribution in [0, 0.1) is 6.92 Å². The first-order chi connectivity index (χ1) is 7.28. The second kappa shape index (κ2) is 4.17. The summed E-state index contributed by atoms with van der Waals surface area (Å²) in [6.45, 7) is 4.55. The number of nitrogens with zero attached hydrogens (tertiary/aromatic N) is 2. The normalized spacial score (nSPS) is 10.3. The molecule has 0 aliphatic heterocycles. The Hall–Kier alpha value is -1.77. The van der Waals surface area contributed by atoms with Gasteiger partial charge in [-0.2, -0.15) is 0 Å². The molecular formula is C12H13N2O. The van der Waals surface area contributed by atoms with Gasteiger partial charge in [-0.05, 0) is 24.6 Å². The first-order valence-electron chi connectivity index (χ1n) is 4.74. The van der Waals surface area contributed by atoms with Crippen molar-refractivity contribution in [2.45, 2.75) is 6.54 Å². The summed E-state index contributed by atoms with van der Waals surface area (Å²) in [6.07, 6.45) is 3.70. The molecule has 0 fully saturated rings. The van der Waals surface area contributed by atoms with E-state index in [0.717, 1.165) is 18.0 Å². The maximum absolute atomic E-state index is 5.16. The van der Waals surface area contributed by atoms with Gasteiger partial charge in [-0.3, -0.25) is 0 Å². The number of methoxy groups -OCH3 is 1. The van der Waals surface area contributed by atoms with Crippen LogP contribution >= 0.6 is 0 Å². The lowest BCUT2D eigenvalue weighted by Gasteiger charge is -2.04. The van der Waals surface area contributed by atoms with Gasteiger partial charge in [0, 0.05) is 12.7 Å². The van der Waals surface area contributed by atoms with E-state index in [9.17, 15) is 0 Å². The second-order valence-corrected chi connectivity index (χ2v) is 3.39. The zero-order valence-electron chi connectivity index (χ0n) is 8.68. The van der Waals surface area contributed by atoms with Gasteiger partial charge in [0.05, 0.1) is 19.1 Å². The van der Waals surface area contributed by atoms with Gasteiger partial charge in [0.1, 0.15) is 5.75 Å². The monoisotopic (exact) mass is 201 g/mol. The Labute approximate surface area is 89.3 Å². The van der Waals surface area contributed by atoms with Gasteiger partial charge in [0.15, 0.2) is 0 Å². The van der Waals surface area contributed by atoms with Crippen LogP contribution in [0.4, 0.5) is 0 Å². The van der Waals surface area contributed by atoms with Crippen molar-refractivity contribution in [2.75, 3.05) is 7.11 Å². The fraction of sp³-hybridized carbons (Fsp3) is 0.167. The first kappa shape index (κ1) is 9.77. The highest BCUT2D eigenvalue weighted by Gasteiger charge is 1.98. The Bertz CT molecular complexity index is 448. The Kier molecular flexibility index (Phi) is 2.72. The summed E-state index contributed by atoms with van der Waals surface area (Å²) in [6, 6.07) is 7.99. The SMILES string of the molecule is [CH2]c1cn(Cc2cccc(OC)c2)cn1. The molecule has 1 radical (unpaired) electrons. The van der Waals surface area contributed by atoms with Crippen LogP contribution in [-0.4, -0.2) is 16.7 Å². The molecule has 0 aliphatic carbocycles. The van der Waals surface area contributed by atoms with E-state index >= 15 is 0 Å². The third-order valence-electron chi connectivity index (χ3n) is 2.19. The summed E-state index contributed by atoms with van der Waals surface area (Å²) < 4.78 is 7.16. The predicted molar refractivity (Wildman–Crippen MR) is 58.8 cm³/mol. The standard InChI is InChI=1S/C12H13N2O/c1-10-7-14(9-13-10)8-11-4-3-5-12(6-11)15-2/h3-7,9H,1,8H2,2H3. The molecule has 0 saturated carbocycles. The fourth-order valence-electron chi connectivity index (χ4n) is 1.47. The Morgan fingerprint density at radius 2 is 2.33 bits per heavy atom. The maximum Gasteiger partial charge on any atom is 0.119 e. The number of hydrogen-bond donors (Lipinski definition) is 0. The van der Waals surface area contributed by atoms with Crippen LogP contribution in [0.1, 0.15) is 11.3 Å². The van der Waals surface area contributed by atoms with Crippen molar-refractivity contribution in [1.29, 1.82) is 0 Å². The Morgan fingerprint density at radius 1 is 1.47 bits per heavy atom. The molecule has 2 rings (SSSR count). The molecule has 1 aromatic heterocycles. The smallest absolute Gasteiger partial charge is 0.119 e. The minimum atomic E-state index is 0.790. The molecule has 1 aromatic carbocycles. The summed E-state index contributed by atoms with van der Waals surface area (Å²) in [7, 11) is 1.67. The molecule has 0 amide bonds. The lowest BCUT2D eigenvalue weighted by atomic mass is 10.2. The summed E-state index contributed by atoms with van der Waals surface area (Å²) in [5.74, 6) is 0.877. The van der Waals surface area contributed by atoms with E-state index in [1.165, 1.54) is 5.56 Å². The average molecular weight is 201 g/mol. The minimum Gasteiger partial charge on any atom is -0.497 e. The number of aromatic nitrogens is 2. The van der Waals surface area contributed by atoms with Gasteiger partial charge in [0.2, 0.25) is 0 Å². The molecular weight excluding hydrogens is 188 g/mol. The maximum atomic E-state index is 5.16. The zero-order chi connectivity index (χ0) is 10.7. The lowest BCUT2D eigenvalue weighted by molar-refractivity contribution is 0.414. The molecule has 77 valence electrons. The quantitative estimate of drug-likeness (QED) is 0.760. The van der Waals surface area contributed by atoms with Crippen molar-refractivity contribution in [2.24, 2.45) is 0 Å². The van der Waals surface area contributed by atoms with Crippen molar-refractivity contribution in [3.8, 4) is 5.75 Å². The number of imidazole rings is 1. The average Bonchev–Trinajstić information content (AvgIpc) is 2.64. The molecule has 0 N–H and O–H groups in total. The van der Waals surface area contributed by atoms with E-state index in [4.69, 9.17) is 4.74 Å². The summed E-state index contributed by atoms with van der Waals surface area (Å²) in [5, 5.41) is 0. The van der Waals surface area contributed by atoms with Crippen LogP contribution in [0.3, 0.4) is 0 Å². The third kappa shape index (κ3) is 2.37. The molecule has 2 aromatic rings. The molecule has 3 nitrogen and oxygen atoms in total. The molecule has 3 heteroatoms. The third-order valence-corrected chi connectivity index (χ3v) is 2.19. The molecule has 1 heterocycles. The molecule has 0 spiro atoms. The van der Waals surface area contributed by atoms with Gasteiger partial charge in [-0.25, -0.2) is 4.98 Å². The van der Waals surface area contributed by atoms with E-state index in [2.05, 4.69) is 18.0 Å². The molecule has 0 unspecified atom stereocenters. The number of hydrogen-bond acceptors (Lipinski definition) is 2. The number of benzene rings is 1. The van der Waals surface area contributed by atoms with Crippen LogP contribution in [-0.2, 0) is 6.54 Å². The van der Waals surface area contributed by atoms with Gasteiger partial charge in [0.25, 0.3) is 0 Å². The van der Waals surface area contributed by atoms with E-state index in [1.54, 1.807) is 13.4 Å². The Morgan fingerprint density at radius 3 is 3.00 bits per heavy atom. The van der Waals surface area contributed by atoms with Crippen molar-refractivity contribution < 1.29 is 4.74 Å². The highest BCUT2D eigenvalue weighted by molar-refractivity contribution is 5.28. The van der Waals surface area contributed by atoms with Crippen LogP contribution in [0.5, 0.6) is 5.75 Å². The summed E-state index contributed by atoms with van der Waals surface area (Å²) in [4.78, 5) is 4.08. The van der Waals surface area contributed by atoms with Crippen molar-refractivity contribution in [1.82, 2.24) is 9.55 Å². The van der Waals surface area contributed by atoms with Crippen LogP contribution in [0.15, 0.2) is 36.8 Å². The predicted octanol–water partition coefficient (Wildman–Crippen LogP) is 2.12. The molecule has 0 bridgehead atoms. The largest absolute Gasteiger partial charge is 0.497 e. The van der Waals surface area contributed by atoms with E-state index in [0.29, 0.717) is 0 Å². The van der Waals surface area contributed by atoms with Gasteiger partial charge in [-0.15, -0.1) is 0 Å². The van der Waals surface area contributed by atoms with Crippen LogP contribution < -0.4 is 4.74 Å². The molecule has 0 atom stereocenters. The highest BCUT2D eigenvalue weighted by Crippen LogP contribution is 2.13. The summed E-state index contributed by atoms with van der Waals surface area (Å²) in [5.41, 5.74) is 1.98. The minimum absolute atomic E-state index is 0.790.